The zero-order valence-corrected chi connectivity index (χ0v) is 11.9. The number of piperazine rings is 1. The van der Waals surface area contributed by atoms with E-state index in [1.165, 1.54) is 0 Å². The summed E-state index contributed by atoms with van der Waals surface area (Å²) in [4.78, 5) is 4.60. The van der Waals surface area contributed by atoms with Crippen LogP contribution in [-0.4, -0.2) is 37.1 Å². The van der Waals surface area contributed by atoms with Crippen molar-refractivity contribution in [3.63, 3.8) is 0 Å². The molecule has 1 atom stereocenters. The molecule has 1 heterocycles. The van der Waals surface area contributed by atoms with E-state index in [0.717, 1.165) is 44.7 Å². The molecule has 4 nitrogen and oxygen atoms in total. The molecule has 4 heteroatoms. The molecule has 1 aliphatic rings. The fraction of sp³-hybridized carbons (Fsp3) is 0.500. The Morgan fingerprint density at radius 1 is 1.10 bits per heavy atom. The number of hydrogen-bond donors (Lipinski definition) is 0. The minimum atomic E-state index is 0.0584. The second-order valence-corrected chi connectivity index (χ2v) is 5.12. The molecule has 1 aromatic rings. The van der Waals surface area contributed by atoms with Crippen molar-refractivity contribution < 1.29 is 0 Å². The van der Waals surface area contributed by atoms with Crippen molar-refractivity contribution in [2.75, 3.05) is 31.1 Å². The van der Waals surface area contributed by atoms with Crippen molar-refractivity contribution in [2.24, 2.45) is 0 Å². The van der Waals surface area contributed by atoms with Crippen LogP contribution >= 0.6 is 0 Å². The lowest BCUT2D eigenvalue weighted by atomic mass is 10.1. The minimum Gasteiger partial charge on any atom is -0.369 e. The van der Waals surface area contributed by atoms with Gasteiger partial charge in [-0.3, -0.25) is 4.90 Å². The summed E-state index contributed by atoms with van der Waals surface area (Å²) in [7, 11) is 0. The summed E-state index contributed by atoms with van der Waals surface area (Å²) in [5, 5.41) is 18.0. The van der Waals surface area contributed by atoms with E-state index in [2.05, 4.69) is 28.9 Å². The molecule has 0 aromatic heterocycles. The average Bonchev–Trinajstić information content (AvgIpc) is 2.53. The van der Waals surface area contributed by atoms with Crippen LogP contribution in [0.15, 0.2) is 24.3 Å². The van der Waals surface area contributed by atoms with E-state index < -0.39 is 0 Å². The maximum absolute atomic E-state index is 9.21. The second kappa shape index (κ2) is 6.93. The smallest absolute Gasteiger partial charge is 0.0991 e. The molecule has 2 rings (SSSR count). The Balaban J connectivity index is 1.93. The SMILES string of the molecule is CCCC(C#N)N1CCN(c2ccc(C#N)cc2)CC1. The third kappa shape index (κ3) is 3.29. The summed E-state index contributed by atoms with van der Waals surface area (Å²) in [6, 6.07) is 12.3. The quantitative estimate of drug-likeness (QED) is 0.841. The van der Waals surface area contributed by atoms with E-state index in [4.69, 9.17) is 5.26 Å². The van der Waals surface area contributed by atoms with E-state index >= 15 is 0 Å². The molecule has 1 unspecified atom stereocenters. The first kappa shape index (κ1) is 14.4. The summed E-state index contributed by atoms with van der Waals surface area (Å²) in [5.74, 6) is 0. The molecule has 0 spiro atoms. The van der Waals surface area contributed by atoms with E-state index in [9.17, 15) is 5.26 Å². The number of nitrogens with zero attached hydrogens (tertiary/aromatic N) is 4. The van der Waals surface area contributed by atoms with Crippen molar-refractivity contribution in [3.8, 4) is 12.1 Å². The van der Waals surface area contributed by atoms with Crippen LogP contribution in [0.1, 0.15) is 25.3 Å². The number of rotatable bonds is 4. The van der Waals surface area contributed by atoms with Crippen LogP contribution in [0, 0.1) is 22.7 Å². The van der Waals surface area contributed by atoms with Crippen molar-refractivity contribution in [1.29, 1.82) is 10.5 Å². The molecular weight excluding hydrogens is 248 g/mol. The Morgan fingerprint density at radius 2 is 1.75 bits per heavy atom. The van der Waals surface area contributed by atoms with Crippen LogP contribution in [0.4, 0.5) is 5.69 Å². The van der Waals surface area contributed by atoms with Gasteiger partial charge in [-0.15, -0.1) is 0 Å². The van der Waals surface area contributed by atoms with Gasteiger partial charge >= 0.3 is 0 Å². The molecule has 0 radical (unpaired) electrons. The highest BCUT2D eigenvalue weighted by atomic mass is 15.3. The lowest BCUT2D eigenvalue weighted by Gasteiger charge is -2.38. The number of nitriles is 2. The topological polar surface area (TPSA) is 54.1 Å². The third-order valence-electron chi connectivity index (χ3n) is 3.83. The molecule has 0 bridgehead atoms. The molecule has 1 fully saturated rings. The molecular formula is C16H20N4. The molecule has 104 valence electrons. The van der Waals surface area contributed by atoms with Crippen LogP contribution in [0.2, 0.25) is 0 Å². The molecule has 1 saturated heterocycles. The molecule has 0 aliphatic carbocycles. The van der Waals surface area contributed by atoms with Gasteiger partial charge in [-0.2, -0.15) is 10.5 Å². The maximum Gasteiger partial charge on any atom is 0.0991 e. The highest BCUT2D eigenvalue weighted by molar-refractivity contribution is 5.50. The lowest BCUT2D eigenvalue weighted by Crippen LogP contribution is -2.50. The van der Waals surface area contributed by atoms with Gasteiger partial charge in [-0.05, 0) is 30.7 Å². The zero-order chi connectivity index (χ0) is 14.4. The Kier molecular flexibility index (Phi) is 4.98. The number of benzene rings is 1. The van der Waals surface area contributed by atoms with Crippen molar-refractivity contribution >= 4 is 5.69 Å². The number of anilines is 1. The maximum atomic E-state index is 9.21. The van der Waals surface area contributed by atoms with E-state index in [1.54, 1.807) is 0 Å². The minimum absolute atomic E-state index is 0.0584. The molecule has 0 saturated carbocycles. The summed E-state index contributed by atoms with van der Waals surface area (Å²) in [6.07, 6.45) is 2.00. The predicted octanol–water partition coefficient (Wildman–Crippen LogP) is 2.37. The Labute approximate surface area is 120 Å². The van der Waals surface area contributed by atoms with Gasteiger partial charge in [0.25, 0.3) is 0 Å². The summed E-state index contributed by atoms with van der Waals surface area (Å²) >= 11 is 0. The van der Waals surface area contributed by atoms with Gasteiger partial charge in [0.2, 0.25) is 0 Å². The van der Waals surface area contributed by atoms with Crippen LogP contribution in [0.25, 0.3) is 0 Å². The Hall–Kier alpha value is -2.04. The van der Waals surface area contributed by atoms with E-state index in [0.29, 0.717) is 5.56 Å². The van der Waals surface area contributed by atoms with Crippen LogP contribution in [-0.2, 0) is 0 Å². The molecule has 20 heavy (non-hydrogen) atoms. The van der Waals surface area contributed by atoms with Gasteiger partial charge in [-0.1, -0.05) is 13.3 Å². The second-order valence-electron chi connectivity index (χ2n) is 5.12. The summed E-state index contributed by atoms with van der Waals surface area (Å²) in [6.45, 7) is 5.86. The molecule has 0 amide bonds. The highest BCUT2D eigenvalue weighted by Gasteiger charge is 2.23. The van der Waals surface area contributed by atoms with Gasteiger partial charge in [0.05, 0.1) is 23.7 Å². The van der Waals surface area contributed by atoms with Crippen LogP contribution in [0.5, 0.6) is 0 Å². The van der Waals surface area contributed by atoms with Gasteiger partial charge < -0.3 is 4.90 Å². The number of hydrogen-bond acceptors (Lipinski definition) is 4. The summed E-state index contributed by atoms with van der Waals surface area (Å²) in [5.41, 5.74) is 1.85. The first-order valence-electron chi connectivity index (χ1n) is 7.17. The average molecular weight is 268 g/mol. The van der Waals surface area contributed by atoms with Gasteiger partial charge in [0, 0.05) is 31.9 Å². The van der Waals surface area contributed by atoms with E-state index in [1.807, 2.05) is 24.3 Å². The highest BCUT2D eigenvalue weighted by Crippen LogP contribution is 2.18. The van der Waals surface area contributed by atoms with Crippen molar-refractivity contribution in [3.05, 3.63) is 29.8 Å². The lowest BCUT2D eigenvalue weighted by molar-refractivity contribution is 0.211. The molecule has 1 aliphatic heterocycles. The predicted molar refractivity (Wildman–Crippen MR) is 79.3 cm³/mol. The Bertz CT molecular complexity index is 501. The van der Waals surface area contributed by atoms with Gasteiger partial charge in [0.1, 0.15) is 0 Å². The van der Waals surface area contributed by atoms with Gasteiger partial charge in [-0.25, -0.2) is 0 Å². The van der Waals surface area contributed by atoms with Crippen LogP contribution in [0.3, 0.4) is 0 Å². The first-order chi connectivity index (χ1) is 9.78. The molecule has 1 aromatic carbocycles. The van der Waals surface area contributed by atoms with E-state index in [-0.39, 0.29) is 6.04 Å². The van der Waals surface area contributed by atoms with Crippen LogP contribution < -0.4 is 4.90 Å². The van der Waals surface area contributed by atoms with Crippen molar-refractivity contribution in [2.45, 2.75) is 25.8 Å². The summed E-state index contributed by atoms with van der Waals surface area (Å²) < 4.78 is 0. The largest absolute Gasteiger partial charge is 0.369 e. The van der Waals surface area contributed by atoms with Gasteiger partial charge in [0.15, 0.2) is 0 Å². The monoisotopic (exact) mass is 268 g/mol. The van der Waals surface area contributed by atoms with Crippen molar-refractivity contribution in [1.82, 2.24) is 4.90 Å². The standard InChI is InChI=1S/C16H20N4/c1-2-3-16(13-18)20-10-8-19(9-11-20)15-6-4-14(12-17)5-7-15/h4-7,16H,2-3,8-11H2,1H3. The fourth-order valence-electron chi connectivity index (χ4n) is 2.64. The normalized spacial score (nSPS) is 17.2. The Morgan fingerprint density at radius 3 is 2.25 bits per heavy atom. The zero-order valence-electron chi connectivity index (χ0n) is 11.9. The molecule has 0 N–H and O–H groups in total. The first-order valence-corrected chi connectivity index (χ1v) is 7.17. The third-order valence-corrected chi connectivity index (χ3v) is 3.83. The fourth-order valence-corrected chi connectivity index (χ4v) is 2.64.